The second kappa shape index (κ2) is 12.3. The standard InChI is InChI=1S/C8H15N3O6.HNO3/c9-6(8(13)14)2-3-7(12)10-4-1-5-17-11(15)16;2-1(3)4/h6H,1-5,9H2,(H,10,12)(H,13,14);(H,2,3,4). The highest BCUT2D eigenvalue weighted by Gasteiger charge is 2.12. The van der Waals surface area contributed by atoms with Crippen LogP contribution in [-0.2, 0) is 14.4 Å². The van der Waals surface area contributed by atoms with Gasteiger partial charge in [-0.15, -0.1) is 20.2 Å². The van der Waals surface area contributed by atoms with E-state index in [0.717, 1.165) is 0 Å². The molecule has 0 heterocycles. The van der Waals surface area contributed by atoms with E-state index in [2.05, 4.69) is 10.2 Å². The maximum absolute atomic E-state index is 11.1. The van der Waals surface area contributed by atoms with Gasteiger partial charge in [-0.05, 0) is 12.8 Å². The fraction of sp³-hybridized carbons (Fsp3) is 0.750. The Kier molecular flexibility index (Phi) is 12.1. The van der Waals surface area contributed by atoms with E-state index in [1.807, 2.05) is 0 Å². The first-order valence-corrected chi connectivity index (χ1v) is 5.52. The third-order valence-electron chi connectivity index (χ3n) is 1.84. The lowest BCUT2D eigenvalue weighted by Crippen LogP contribution is -2.33. The minimum Gasteiger partial charge on any atom is -0.480 e. The summed E-state index contributed by atoms with van der Waals surface area (Å²) in [6, 6.07) is -1.06. The van der Waals surface area contributed by atoms with E-state index in [4.69, 9.17) is 26.2 Å². The molecule has 13 heteroatoms. The third kappa shape index (κ3) is 19.8. The van der Waals surface area contributed by atoms with Gasteiger partial charge in [-0.1, -0.05) is 0 Å². The summed E-state index contributed by atoms with van der Waals surface area (Å²) in [6.07, 6.45) is 0.355. The van der Waals surface area contributed by atoms with Crippen LogP contribution in [0.3, 0.4) is 0 Å². The molecule has 0 aliphatic rings. The molecule has 0 fully saturated rings. The van der Waals surface area contributed by atoms with Gasteiger partial charge >= 0.3 is 5.97 Å². The van der Waals surface area contributed by atoms with Crippen LogP contribution in [-0.4, -0.2) is 51.6 Å². The van der Waals surface area contributed by atoms with E-state index in [0.29, 0.717) is 6.42 Å². The lowest BCUT2D eigenvalue weighted by atomic mass is 10.1. The third-order valence-corrected chi connectivity index (χ3v) is 1.84. The van der Waals surface area contributed by atoms with Crippen LogP contribution in [0.25, 0.3) is 0 Å². The fourth-order valence-corrected chi connectivity index (χ4v) is 0.938. The van der Waals surface area contributed by atoms with Crippen molar-refractivity contribution < 1.29 is 34.9 Å². The Hall–Kier alpha value is -2.70. The molecule has 13 nitrogen and oxygen atoms in total. The highest BCUT2D eigenvalue weighted by molar-refractivity contribution is 5.78. The maximum Gasteiger partial charge on any atom is 0.320 e. The van der Waals surface area contributed by atoms with E-state index >= 15 is 0 Å². The van der Waals surface area contributed by atoms with E-state index in [9.17, 15) is 19.7 Å². The van der Waals surface area contributed by atoms with Crippen molar-refractivity contribution in [1.29, 1.82) is 0 Å². The van der Waals surface area contributed by atoms with Crippen LogP contribution >= 0.6 is 0 Å². The first kappa shape index (κ1) is 20.6. The number of aliphatic carboxylic acids is 1. The van der Waals surface area contributed by atoms with Crippen molar-refractivity contribution in [3.8, 4) is 0 Å². The highest BCUT2D eigenvalue weighted by atomic mass is 16.9. The number of amides is 1. The van der Waals surface area contributed by atoms with Gasteiger partial charge in [0.25, 0.3) is 10.2 Å². The van der Waals surface area contributed by atoms with Gasteiger partial charge in [-0.3, -0.25) is 9.59 Å². The topological polar surface area (TPSA) is 208 Å². The van der Waals surface area contributed by atoms with Gasteiger partial charge in [-0.2, -0.15) is 0 Å². The molecule has 0 aromatic rings. The molecule has 1 unspecified atom stereocenters. The average Bonchev–Trinajstić information content (AvgIpc) is 2.34. The van der Waals surface area contributed by atoms with Crippen LogP contribution in [0.1, 0.15) is 19.3 Å². The molecular weight excluding hydrogens is 296 g/mol. The highest BCUT2D eigenvalue weighted by Crippen LogP contribution is 1.94. The first-order valence-electron chi connectivity index (χ1n) is 5.52. The van der Waals surface area contributed by atoms with E-state index in [1.54, 1.807) is 0 Å². The zero-order valence-corrected chi connectivity index (χ0v) is 10.8. The number of nitrogens with zero attached hydrogens (tertiary/aromatic N) is 2. The molecule has 5 N–H and O–H groups in total. The summed E-state index contributed by atoms with van der Waals surface area (Å²) >= 11 is 0. The minimum atomic E-state index is -1.50. The quantitative estimate of drug-likeness (QED) is 0.221. The normalized spacial score (nSPS) is 10.5. The second-order valence-electron chi connectivity index (χ2n) is 3.48. The van der Waals surface area contributed by atoms with Crippen LogP contribution in [0.15, 0.2) is 0 Å². The van der Waals surface area contributed by atoms with Gasteiger partial charge in [0.2, 0.25) is 5.91 Å². The molecule has 0 rings (SSSR count). The molecule has 0 radical (unpaired) electrons. The summed E-state index contributed by atoms with van der Waals surface area (Å²) in [5, 5.41) is 33.4. The Labute approximate surface area is 117 Å². The number of carbonyl (C=O) groups excluding carboxylic acids is 1. The average molecular weight is 312 g/mol. The van der Waals surface area contributed by atoms with Gasteiger partial charge in [0, 0.05) is 13.0 Å². The second-order valence-corrected chi connectivity index (χ2v) is 3.48. The predicted octanol–water partition coefficient (Wildman–Crippen LogP) is -1.45. The number of hydrogen-bond acceptors (Lipinski definition) is 8. The van der Waals surface area contributed by atoms with Crippen molar-refractivity contribution in [2.75, 3.05) is 13.2 Å². The van der Waals surface area contributed by atoms with Crippen molar-refractivity contribution in [3.63, 3.8) is 0 Å². The van der Waals surface area contributed by atoms with E-state index in [-0.39, 0.29) is 31.9 Å². The molecule has 1 atom stereocenters. The molecule has 21 heavy (non-hydrogen) atoms. The van der Waals surface area contributed by atoms with Crippen molar-refractivity contribution in [1.82, 2.24) is 5.32 Å². The van der Waals surface area contributed by atoms with E-state index < -0.39 is 22.2 Å². The number of hydrogen-bond donors (Lipinski definition) is 4. The first-order chi connectivity index (χ1) is 9.66. The largest absolute Gasteiger partial charge is 0.480 e. The number of nitrogens with two attached hydrogens (primary N) is 1. The molecule has 0 aliphatic carbocycles. The van der Waals surface area contributed by atoms with Crippen LogP contribution in [0.2, 0.25) is 0 Å². The van der Waals surface area contributed by atoms with Crippen LogP contribution in [0, 0.1) is 20.2 Å². The van der Waals surface area contributed by atoms with E-state index in [1.165, 1.54) is 0 Å². The Balaban J connectivity index is 0. The molecule has 0 saturated heterocycles. The van der Waals surface area contributed by atoms with Crippen molar-refractivity contribution in [2.24, 2.45) is 5.73 Å². The SMILES string of the molecule is NC(CCC(=O)NCCCO[N+](=O)[O-])C(=O)O.O=[N+]([O-])O. The maximum atomic E-state index is 11.1. The molecule has 122 valence electrons. The molecule has 0 bridgehead atoms. The minimum absolute atomic E-state index is 0.00353. The van der Waals surface area contributed by atoms with Crippen molar-refractivity contribution >= 4 is 11.9 Å². The fourth-order valence-electron chi connectivity index (χ4n) is 0.938. The summed E-state index contributed by atoms with van der Waals surface area (Å²) in [4.78, 5) is 43.6. The zero-order valence-electron chi connectivity index (χ0n) is 10.8. The smallest absolute Gasteiger partial charge is 0.320 e. The molecule has 0 spiro atoms. The Bertz CT molecular complexity index is 358. The molecule has 0 aliphatic heterocycles. The molecular formula is C8H16N4O9. The van der Waals surface area contributed by atoms with Gasteiger partial charge in [-0.25, -0.2) is 0 Å². The van der Waals surface area contributed by atoms with Gasteiger partial charge in [0.1, 0.15) is 6.04 Å². The van der Waals surface area contributed by atoms with Crippen LogP contribution in [0.5, 0.6) is 0 Å². The Morgan fingerprint density at radius 3 is 2.29 bits per heavy atom. The molecule has 1 amide bonds. The molecule has 0 saturated carbocycles. The number of carbonyl (C=O) groups is 2. The number of rotatable bonds is 9. The Morgan fingerprint density at radius 1 is 1.33 bits per heavy atom. The summed E-state index contributed by atoms with van der Waals surface area (Å²) in [6.45, 7) is 0.136. The lowest BCUT2D eigenvalue weighted by molar-refractivity contribution is -0.757. The Morgan fingerprint density at radius 2 is 1.86 bits per heavy atom. The number of carboxylic acid groups (broad SMARTS) is 1. The lowest BCUT2D eigenvalue weighted by Gasteiger charge is -2.07. The molecule has 0 aromatic heterocycles. The summed E-state index contributed by atoms with van der Waals surface area (Å²) in [5.41, 5.74) is 5.20. The van der Waals surface area contributed by atoms with Crippen LogP contribution in [0.4, 0.5) is 0 Å². The van der Waals surface area contributed by atoms with Gasteiger partial charge in [0.05, 0.1) is 6.61 Å². The van der Waals surface area contributed by atoms with Crippen molar-refractivity contribution in [2.45, 2.75) is 25.3 Å². The monoisotopic (exact) mass is 312 g/mol. The van der Waals surface area contributed by atoms with Gasteiger partial charge in [0.15, 0.2) is 0 Å². The van der Waals surface area contributed by atoms with Gasteiger partial charge < -0.3 is 26.2 Å². The summed E-state index contributed by atoms with van der Waals surface area (Å²) in [5.74, 6) is -1.50. The van der Waals surface area contributed by atoms with Crippen LogP contribution < -0.4 is 11.1 Å². The number of carboxylic acids is 1. The summed E-state index contributed by atoms with van der Waals surface area (Å²) in [7, 11) is 0. The van der Waals surface area contributed by atoms with Crippen molar-refractivity contribution in [3.05, 3.63) is 20.2 Å². The predicted molar refractivity (Wildman–Crippen MR) is 64.2 cm³/mol. The zero-order chi connectivity index (χ0) is 16.8. The summed E-state index contributed by atoms with van der Waals surface area (Å²) < 4.78 is 0. The number of nitrogens with one attached hydrogen (secondary N) is 1. The molecule has 0 aromatic carbocycles.